The summed E-state index contributed by atoms with van der Waals surface area (Å²) >= 11 is 0. The number of nitrogens with zero attached hydrogens (tertiary/aromatic N) is 2. The van der Waals surface area contributed by atoms with E-state index in [2.05, 4.69) is 40.0 Å². The van der Waals surface area contributed by atoms with Gasteiger partial charge in [-0.1, -0.05) is 6.07 Å². The predicted molar refractivity (Wildman–Crippen MR) is 75.0 cm³/mol. The first-order valence-corrected chi connectivity index (χ1v) is 7.04. The first kappa shape index (κ1) is 12.6. The number of aliphatic hydroxyl groups is 1. The maximum Gasteiger partial charge on any atom is 0.136 e. The number of nitrogens with one attached hydrogen (secondary N) is 1. The molecule has 2 aromatic heterocycles. The number of aromatic nitrogens is 2. The Labute approximate surface area is 113 Å². The molecule has 4 nitrogen and oxygen atoms in total. The van der Waals surface area contributed by atoms with Gasteiger partial charge in [0.1, 0.15) is 5.65 Å². The van der Waals surface area contributed by atoms with E-state index in [1.165, 1.54) is 11.3 Å². The molecule has 3 rings (SSSR count). The summed E-state index contributed by atoms with van der Waals surface area (Å²) in [6.45, 7) is 3.95. The molecule has 0 bridgehead atoms. The van der Waals surface area contributed by atoms with Gasteiger partial charge in [0.15, 0.2) is 0 Å². The fraction of sp³-hybridized carbons (Fsp3) is 0.533. The van der Waals surface area contributed by atoms with Gasteiger partial charge in [0.05, 0.1) is 18.0 Å². The second-order valence-electron chi connectivity index (χ2n) is 5.64. The van der Waals surface area contributed by atoms with E-state index in [9.17, 15) is 5.11 Å². The number of aryl methyl sites for hydroxylation is 1. The van der Waals surface area contributed by atoms with Crippen LogP contribution in [0.4, 0.5) is 0 Å². The van der Waals surface area contributed by atoms with Crippen LogP contribution in [0.15, 0.2) is 24.5 Å². The van der Waals surface area contributed by atoms with Crippen molar-refractivity contribution in [3.8, 4) is 0 Å². The van der Waals surface area contributed by atoms with E-state index in [1.54, 1.807) is 0 Å². The number of hydrogen-bond donors (Lipinski definition) is 2. The Morgan fingerprint density at radius 3 is 3.05 bits per heavy atom. The van der Waals surface area contributed by atoms with Crippen LogP contribution in [-0.4, -0.2) is 27.1 Å². The van der Waals surface area contributed by atoms with Crippen molar-refractivity contribution in [3.63, 3.8) is 0 Å². The van der Waals surface area contributed by atoms with Crippen LogP contribution < -0.4 is 5.32 Å². The number of pyridine rings is 1. The van der Waals surface area contributed by atoms with E-state index in [0.29, 0.717) is 5.92 Å². The quantitative estimate of drug-likeness (QED) is 0.806. The second kappa shape index (κ2) is 5.31. The van der Waals surface area contributed by atoms with Crippen molar-refractivity contribution < 1.29 is 5.11 Å². The van der Waals surface area contributed by atoms with Crippen LogP contribution in [0.2, 0.25) is 0 Å². The average molecular weight is 259 g/mol. The Hall–Kier alpha value is -1.39. The lowest BCUT2D eigenvalue weighted by atomic mass is 9.80. The predicted octanol–water partition coefficient (Wildman–Crippen LogP) is 1.89. The number of aliphatic hydroxyl groups excluding tert-OH is 1. The van der Waals surface area contributed by atoms with E-state index >= 15 is 0 Å². The third kappa shape index (κ3) is 2.80. The van der Waals surface area contributed by atoms with Gasteiger partial charge in [-0.15, -0.1) is 0 Å². The van der Waals surface area contributed by atoms with Crippen LogP contribution in [-0.2, 0) is 6.54 Å². The lowest BCUT2D eigenvalue weighted by Crippen LogP contribution is -2.31. The zero-order valence-electron chi connectivity index (χ0n) is 11.3. The highest BCUT2D eigenvalue weighted by atomic mass is 16.3. The maximum atomic E-state index is 9.24. The molecule has 0 spiro atoms. The van der Waals surface area contributed by atoms with E-state index in [4.69, 9.17) is 0 Å². The van der Waals surface area contributed by atoms with Crippen molar-refractivity contribution in [1.82, 2.24) is 14.7 Å². The molecule has 19 heavy (non-hydrogen) atoms. The van der Waals surface area contributed by atoms with Gasteiger partial charge >= 0.3 is 0 Å². The summed E-state index contributed by atoms with van der Waals surface area (Å²) in [5.41, 5.74) is 3.45. The molecule has 2 aromatic rings. The Bertz CT molecular complexity index is 558. The molecule has 0 amide bonds. The molecule has 4 heteroatoms. The third-order valence-electron chi connectivity index (χ3n) is 3.98. The number of rotatable bonds is 5. The van der Waals surface area contributed by atoms with Crippen molar-refractivity contribution in [2.45, 2.75) is 38.8 Å². The largest absolute Gasteiger partial charge is 0.393 e. The van der Waals surface area contributed by atoms with Crippen molar-refractivity contribution in [1.29, 1.82) is 0 Å². The van der Waals surface area contributed by atoms with Gasteiger partial charge in [-0.25, -0.2) is 4.98 Å². The minimum Gasteiger partial charge on any atom is -0.393 e. The Balaban J connectivity index is 1.52. The topological polar surface area (TPSA) is 49.6 Å². The van der Waals surface area contributed by atoms with Gasteiger partial charge in [0.2, 0.25) is 0 Å². The summed E-state index contributed by atoms with van der Waals surface area (Å²) in [5, 5.41) is 12.7. The number of imidazole rings is 1. The highest BCUT2D eigenvalue weighted by Crippen LogP contribution is 2.29. The molecule has 0 saturated heterocycles. The highest BCUT2D eigenvalue weighted by Gasteiger charge is 2.26. The first-order chi connectivity index (χ1) is 9.22. The summed E-state index contributed by atoms with van der Waals surface area (Å²) < 4.78 is 2.15. The minimum atomic E-state index is -0.0354. The summed E-state index contributed by atoms with van der Waals surface area (Å²) in [4.78, 5) is 4.40. The monoisotopic (exact) mass is 259 g/mol. The fourth-order valence-electron chi connectivity index (χ4n) is 2.73. The molecule has 0 aromatic carbocycles. The summed E-state index contributed by atoms with van der Waals surface area (Å²) in [6, 6.07) is 4.13. The standard InChI is InChI=1S/C15H21N3O/c1-11-2-3-15-17-9-13(18(15)10-11)8-16-5-4-12-6-14(19)7-12/h2-3,9-10,12,14,16,19H,4-8H2,1H3. The normalized spacial score (nSPS) is 22.6. The Morgan fingerprint density at radius 2 is 2.26 bits per heavy atom. The third-order valence-corrected chi connectivity index (χ3v) is 3.98. The van der Waals surface area contributed by atoms with Gasteiger partial charge < -0.3 is 14.8 Å². The van der Waals surface area contributed by atoms with Crippen molar-refractivity contribution >= 4 is 5.65 Å². The zero-order valence-corrected chi connectivity index (χ0v) is 11.3. The SMILES string of the molecule is Cc1ccc2ncc(CNCCC3CC(O)C3)n2c1. The van der Waals surface area contributed by atoms with Gasteiger partial charge in [0, 0.05) is 12.7 Å². The van der Waals surface area contributed by atoms with Crippen molar-refractivity contribution in [3.05, 3.63) is 35.8 Å². The van der Waals surface area contributed by atoms with Crippen LogP contribution in [0, 0.1) is 12.8 Å². The molecule has 2 heterocycles. The Kier molecular flexibility index (Phi) is 3.53. The molecule has 1 fully saturated rings. The lowest BCUT2D eigenvalue weighted by Gasteiger charge is -2.31. The van der Waals surface area contributed by atoms with Gasteiger partial charge in [-0.05, 0) is 50.3 Å². The summed E-state index contributed by atoms with van der Waals surface area (Å²) in [6.07, 6.45) is 7.16. The number of fused-ring (bicyclic) bond motifs is 1. The molecule has 0 atom stereocenters. The fourth-order valence-corrected chi connectivity index (χ4v) is 2.73. The van der Waals surface area contributed by atoms with E-state index in [1.807, 2.05) is 6.20 Å². The van der Waals surface area contributed by atoms with Gasteiger partial charge in [-0.2, -0.15) is 0 Å². The molecule has 102 valence electrons. The summed E-state index contributed by atoms with van der Waals surface area (Å²) in [5.74, 6) is 0.715. The van der Waals surface area contributed by atoms with Crippen LogP contribution >= 0.6 is 0 Å². The molecular formula is C15H21N3O. The second-order valence-corrected chi connectivity index (χ2v) is 5.64. The van der Waals surface area contributed by atoms with Crippen molar-refractivity contribution in [2.75, 3.05) is 6.54 Å². The zero-order chi connectivity index (χ0) is 13.2. The molecular weight excluding hydrogens is 238 g/mol. The van der Waals surface area contributed by atoms with Crippen LogP contribution in [0.5, 0.6) is 0 Å². The lowest BCUT2D eigenvalue weighted by molar-refractivity contribution is 0.0393. The molecule has 1 aliphatic rings. The van der Waals surface area contributed by atoms with E-state index in [0.717, 1.165) is 38.0 Å². The molecule has 0 aliphatic heterocycles. The molecule has 2 N–H and O–H groups in total. The number of hydrogen-bond acceptors (Lipinski definition) is 3. The van der Waals surface area contributed by atoms with E-state index in [-0.39, 0.29) is 6.10 Å². The minimum absolute atomic E-state index is 0.0354. The molecule has 0 unspecified atom stereocenters. The van der Waals surface area contributed by atoms with Crippen molar-refractivity contribution in [2.24, 2.45) is 5.92 Å². The van der Waals surface area contributed by atoms with Crippen LogP contribution in [0.1, 0.15) is 30.5 Å². The molecule has 1 aliphatic carbocycles. The van der Waals surface area contributed by atoms with Gasteiger partial charge in [0.25, 0.3) is 0 Å². The van der Waals surface area contributed by atoms with Crippen LogP contribution in [0.25, 0.3) is 5.65 Å². The smallest absolute Gasteiger partial charge is 0.136 e. The Morgan fingerprint density at radius 1 is 1.42 bits per heavy atom. The average Bonchev–Trinajstić information content (AvgIpc) is 2.74. The first-order valence-electron chi connectivity index (χ1n) is 7.04. The van der Waals surface area contributed by atoms with Gasteiger partial charge in [-0.3, -0.25) is 0 Å². The highest BCUT2D eigenvalue weighted by molar-refractivity contribution is 5.41. The maximum absolute atomic E-state index is 9.24. The summed E-state index contributed by atoms with van der Waals surface area (Å²) in [7, 11) is 0. The van der Waals surface area contributed by atoms with E-state index < -0.39 is 0 Å². The van der Waals surface area contributed by atoms with Crippen LogP contribution in [0.3, 0.4) is 0 Å². The molecule has 0 radical (unpaired) electrons. The molecule has 1 saturated carbocycles.